The molecule has 3 unspecified atom stereocenters. The van der Waals surface area contributed by atoms with E-state index in [2.05, 4.69) is 36.7 Å². The van der Waals surface area contributed by atoms with Crippen LogP contribution in [0.25, 0.3) is 10.8 Å². The van der Waals surface area contributed by atoms with E-state index >= 15 is 0 Å². The van der Waals surface area contributed by atoms with Crippen LogP contribution in [-0.4, -0.2) is 23.4 Å². The van der Waals surface area contributed by atoms with Crippen molar-refractivity contribution in [1.82, 2.24) is 0 Å². The molecule has 3 saturated carbocycles. The van der Waals surface area contributed by atoms with Crippen molar-refractivity contribution in [3.05, 3.63) is 42.0 Å². The summed E-state index contributed by atoms with van der Waals surface area (Å²) in [5.74, 6) is -0.419. The van der Waals surface area contributed by atoms with Gasteiger partial charge >= 0.3 is 11.9 Å². The number of esters is 2. The summed E-state index contributed by atoms with van der Waals surface area (Å²) in [4.78, 5) is 26.3. The van der Waals surface area contributed by atoms with Crippen molar-refractivity contribution in [3.8, 4) is 5.75 Å². The minimum Gasteiger partial charge on any atom is -0.462 e. The summed E-state index contributed by atoms with van der Waals surface area (Å²) in [7, 11) is 0. The molecule has 154 valence electrons. The molecule has 4 nitrogen and oxygen atoms in total. The lowest BCUT2D eigenvalue weighted by Gasteiger charge is -2.63. The van der Waals surface area contributed by atoms with Crippen LogP contribution in [-0.2, 0) is 9.53 Å². The topological polar surface area (TPSA) is 52.6 Å². The average Bonchev–Trinajstić information content (AvgIpc) is 3.12. The van der Waals surface area contributed by atoms with Gasteiger partial charge in [0.1, 0.15) is 5.56 Å². The van der Waals surface area contributed by atoms with E-state index in [0.29, 0.717) is 17.9 Å². The Balaban J connectivity index is 1.76. The summed E-state index contributed by atoms with van der Waals surface area (Å²) < 4.78 is 11.4. The van der Waals surface area contributed by atoms with E-state index in [4.69, 9.17) is 9.47 Å². The van der Waals surface area contributed by atoms with Crippen molar-refractivity contribution in [1.29, 1.82) is 0 Å². The number of alkyl halides is 1. The second-order valence-corrected chi connectivity index (χ2v) is 9.98. The van der Waals surface area contributed by atoms with E-state index in [1.54, 1.807) is 6.07 Å². The first-order valence-corrected chi connectivity index (χ1v) is 11.2. The number of fused-ring (bicyclic) bond motifs is 2. The number of rotatable bonds is 5. The molecule has 0 heterocycles. The van der Waals surface area contributed by atoms with Gasteiger partial charge < -0.3 is 9.47 Å². The molecule has 2 bridgehead atoms. The van der Waals surface area contributed by atoms with E-state index in [1.165, 1.54) is 0 Å². The number of hydrogen-bond acceptors (Lipinski definition) is 4. The predicted octanol–water partition coefficient (Wildman–Crippen LogP) is 5.90. The highest BCUT2D eigenvalue weighted by molar-refractivity contribution is 9.09. The standard InChI is InChI=1S/C24H27BrO4/c1-5-14-28-19(26)17-11-10-15-8-6-7-9-16(15)18(17)29-21(27)24-13-12-23(4,20(24)25)22(24,2)3/h6-11,20H,5,12-14H2,1-4H3. The molecule has 2 aromatic carbocycles. The normalized spacial score (nSPS) is 29.3. The van der Waals surface area contributed by atoms with Crippen LogP contribution in [0.4, 0.5) is 0 Å². The predicted molar refractivity (Wildman–Crippen MR) is 116 cm³/mol. The second-order valence-electron chi connectivity index (χ2n) is 9.07. The Bertz CT molecular complexity index is 998. The zero-order valence-corrected chi connectivity index (χ0v) is 19.0. The largest absolute Gasteiger partial charge is 0.462 e. The van der Waals surface area contributed by atoms with Gasteiger partial charge in [0, 0.05) is 10.2 Å². The zero-order chi connectivity index (χ0) is 21.0. The van der Waals surface area contributed by atoms with Crippen LogP contribution < -0.4 is 4.74 Å². The Morgan fingerprint density at radius 3 is 2.45 bits per heavy atom. The molecule has 5 rings (SSSR count). The Morgan fingerprint density at radius 2 is 1.83 bits per heavy atom. The van der Waals surface area contributed by atoms with Gasteiger partial charge in [-0.3, -0.25) is 4.79 Å². The fourth-order valence-electron chi connectivity index (χ4n) is 5.38. The molecule has 0 N–H and O–H groups in total. The summed E-state index contributed by atoms with van der Waals surface area (Å²) in [6.45, 7) is 8.81. The van der Waals surface area contributed by atoms with Crippen LogP contribution in [0.2, 0.25) is 0 Å². The van der Waals surface area contributed by atoms with E-state index in [0.717, 1.165) is 30.0 Å². The molecule has 3 atom stereocenters. The molecule has 0 amide bonds. The Kier molecular flexibility index (Phi) is 4.80. The summed E-state index contributed by atoms with van der Waals surface area (Å²) >= 11 is 3.80. The molecule has 2 aromatic rings. The first-order chi connectivity index (χ1) is 13.7. The molecular formula is C24H27BrO4. The van der Waals surface area contributed by atoms with Gasteiger partial charge in [-0.2, -0.15) is 0 Å². The van der Waals surface area contributed by atoms with Gasteiger partial charge in [0.05, 0.1) is 12.0 Å². The highest BCUT2D eigenvalue weighted by atomic mass is 79.9. The third-order valence-electron chi connectivity index (χ3n) is 7.67. The lowest BCUT2D eigenvalue weighted by atomic mass is 9.43. The third-order valence-corrected chi connectivity index (χ3v) is 9.46. The molecule has 5 heteroatoms. The second kappa shape index (κ2) is 6.83. The molecule has 3 aliphatic rings. The third kappa shape index (κ3) is 2.56. The number of benzene rings is 2. The molecule has 0 saturated heterocycles. The molecular weight excluding hydrogens is 432 g/mol. The quantitative estimate of drug-likeness (QED) is 0.317. The number of ether oxygens (including phenoxy) is 2. The molecule has 29 heavy (non-hydrogen) atoms. The number of carbonyl (C=O) groups excluding carboxylic acids is 2. The maximum atomic E-state index is 13.6. The van der Waals surface area contributed by atoms with Crippen molar-refractivity contribution >= 4 is 38.6 Å². The van der Waals surface area contributed by atoms with Gasteiger partial charge in [-0.05, 0) is 41.5 Å². The minimum absolute atomic E-state index is 0.0632. The Morgan fingerprint density at radius 1 is 1.10 bits per heavy atom. The van der Waals surface area contributed by atoms with Crippen molar-refractivity contribution in [2.24, 2.45) is 16.2 Å². The number of halogens is 1. The van der Waals surface area contributed by atoms with Crippen LogP contribution >= 0.6 is 15.9 Å². The van der Waals surface area contributed by atoms with Gasteiger partial charge in [-0.1, -0.05) is 74.0 Å². The van der Waals surface area contributed by atoms with Crippen molar-refractivity contribution in [3.63, 3.8) is 0 Å². The van der Waals surface area contributed by atoms with E-state index in [9.17, 15) is 9.59 Å². The van der Waals surface area contributed by atoms with Gasteiger partial charge in [-0.25, -0.2) is 4.79 Å². The van der Waals surface area contributed by atoms with Crippen LogP contribution in [0.3, 0.4) is 0 Å². The molecule has 0 aromatic heterocycles. The fourth-order valence-corrected chi connectivity index (χ4v) is 7.16. The summed E-state index contributed by atoms with van der Waals surface area (Å²) in [6, 6.07) is 11.2. The van der Waals surface area contributed by atoms with Crippen LogP contribution in [0.5, 0.6) is 5.75 Å². The van der Waals surface area contributed by atoms with Gasteiger partial charge in [-0.15, -0.1) is 0 Å². The zero-order valence-electron chi connectivity index (χ0n) is 17.4. The summed E-state index contributed by atoms with van der Waals surface area (Å²) in [6.07, 6.45) is 2.49. The van der Waals surface area contributed by atoms with Crippen LogP contribution in [0.15, 0.2) is 36.4 Å². The summed E-state index contributed by atoms with van der Waals surface area (Å²) in [5.41, 5.74) is -0.415. The SMILES string of the molecule is CCCOC(=O)c1ccc2ccccc2c1OC(=O)C12CCC(C)(C1Br)C2(C)C. The fraction of sp³-hybridized carbons (Fsp3) is 0.500. The first-order valence-electron chi connectivity index (χ1n) is 10.3. The van der Waals surface area contributed by atoms with E-state index < -0.39 is 11.4 Å². The lowest BCUT2D eigenvalue weighted by Crippen LogP contribution is -2.68. The average molecular weight is 459 g/mol. The monoisotopic (exact) mass is 458 g/mol. The molecule has 0 radical (unpaired) electrons. The maximum Gasteiger partial charge on any atom is 0.341 e. The van der Waals surface area contributed by atoms with E-state index in [-0.39, 0.29) is 21.6 Å². The van der Waals surface area contributed by atoms with Crippen LogP contribution in [0, 0.1) is 16.2 Å². The number of hydrogen-bond donors (Lipinski definition) is 0. The lowest BCUT2D eigenvalue weighted by molar-refractivity contribution is -0.176. The van der Waals surface area contributed by atoms with Gasteiger partial charge in [0.25, 0.3) is 0 Å². The number of carbonyl (C=O) groups is 2. The first kappa shape index (κ1) is 20.4. The van der Waals surface area contributed by atoms with Crippen molar-refractivity contribution in [2.75, 3.05) is 6.61 Å². The minimum atomic E-state index is -0.594. The van der Waals surface area contributed by atoms with E-state index in [1.807, 2.05) is 37.3 Å². The Labute approximate surface area is 180 Å². The highest BCUT2D eigenvalue weighted by Crippen LogP contribution is 2.80. The van der Waals surface area contributed by atoms with Gasteiger partial charge in [0.2, 0.25) is 0 Å². The molecule has 3 fully saturated rings. The molecule has 3 aliphatic carbocycles. The highest BCUT2D eigenvalue weighted by Gasteiger charge is 2.81. The molecule has 0 spiro atoms. The van der Waals surface area contributed by atoms with Crippen LogP contribution in [0.1, 0.15) is 57.3 Å². The van der Waals surface area contributed by atoms with Gasteiger partial charge in [0.15, 0.2) is 5.75 Å². The maximum absolute atomic E-state index is 13.6. The van der Waals surface area contributed by atoms with Crippen molar-refractivity contribution in [2.45, 2.75) is 51.8 Å². The van der Waals surface area contributed by atoms with Crippen molar-refractivity contribution < 1.29 is 19.1 Å². The Hall–Kier alpha value is -1.88. The smallest absolute Gasteiger partial charge is 0.341 e. The molecule has 0 aliphatic heterocycles. The summed E-state index contributed by atoms with van der Waals surface area (Å²) in [5, 5.41) is 1.66.